The molecule has 0 aliphatic carbocycles. The fourth-order valence-electron chi connectivity index (χ4n) is 1.96. The Labute approximate surface area is 113 Å². The number of hydrogen-bond acceptors (Lipinski definition) is 3. The van der Waals surface area contributed by atoms with Crippen LogP contribution in [0.4, 0.5) is 0 Å². The number of aromatic nitrogens is 1. The zero-order valence-electron chi connectivity index (χ0n) is 10.2. The third-order valence-electron chi connectivity index (χ3n) is 2.85. The first-order valence-electron chi connectivity index (χ1n) is 5.56. The van der Waals surface area contributed by atoms with Crippen molar-refractivity contribution in [3.8, 4) is 0 Å². The minimum atomic E-state index is -0.576. The second-order valence-corrected chi connectivity index (χ2v) is 5.04. The van der Waals surface area contributed by atoms with E-state index in [9.17, 15) is 9.90 Å². The third-order valence-corrected chi connectivity index (χ3v) is 3.35. The molecule has 0 bridgehead atoms. The van der Waals surface area contributed by atoms with Crippen molar-refractivity contribution in [2.24, 2.45) is 0 Å². The molecular weight excluding hydrogens is 298 g/mol. The Hall–Kier alpha value is -1.33. The molecule has 1 heterocycles. The van der Waals surface area contributed by atoms with Crippen LogP contribution in [0.3, 0.4) is 0 Å². The third kappa shape index (κ3) is 2.42. The Balaban J connectivity index is 2.58. The van der Waals surface area contributed by atoms with Crippen LogP contribution < -0.4 is 0 Å². The fourth-order valence-corrected chi connectivity index (χ4v) is 2.31. The highest BCUT2D eigenvalue weighted by molar-refractivity contribution is 9.10. The van der Waals surface area contributed by atoms with Crippen LogP contribution in [-0.2, 0) is 16.1 Å². The van der Waals surface area contributed by atoms with Crippen LogP contribution in [0.2, 0.25) is 0 Å². The smallest absolute Gasteiger partial charge is 0.325 e. The van der Waals surface area contributed by atoms with E-state index in [0.717, 1.165) is 20.9 Å². The van der Waals surface area contributed by atoms with E-state index in [1.807, 2.05) is 18.2 Å². The molecule has 1 unspecified atom stereocenters. The molecule has 96 valence electrons. The summed E-state index contributed by atoms with van der Waals surface area (Å²) in [5.74, 6) is -0.316. The quantitative estimate of drug-likeness (QED) is 0.887. The van der Waals surface area contributed by atoms with Crippen molar-refractivity contribution < 1.29 is 14.6 Å². The Bertz CT molecular complexity index is 589. The molecule has 1 aromatic heterocycles. The normalized spacial score (nSPS) is 12.7. The fraction of sp³-hybridized carbons (Fsp3) is 0.308. The highest BCUT2D eigenvalue weighted by atomic mass is 79.9. The lowest BCUT2D eigenvalue weighted by molar-refractivity contribution is -0.141. The summed E-state index contributed by atoms with van der Waals surface area (Å²) in [6, 6.07) is 5.76. The molecule has 0 aliphatic heterocycles. The van der Waals surface area contributed by atoms with Crippen LogP contribution in [0.1, 0.15) is 18.6 Å². The van der Waals surface area contributed by atoms with Gasteiger partial charge in [0.2, 0.25) is 0 Å². The zero-order chi connectivity index (χ0) is 13.3. The van der Waals surface area contributed by atoms with Crippen molar-refractivity contribution in [2.45, 2.75) is 19.6 Å². The van der Waals surface area contributed by atoms with E-state index in [4.69, 9.17) is 0 Å². The zero-order valence-corrected chi connectivity index (χ0v) is 11.8. The van der Waals surface area contributed by atoms with Crippen LogP contribution >= 0.6 is 15.9 Å². The number of nitrogens with zero attached hydrogens (tertiary/aromatic N) is 1. The minimum absolute atomic E-state index is 0.135. The van der Waals surface area contributed by atoms with Gasteiger partial charge in [-0.15, -0.1) is 0 Å². The molecule has 0 amide bonds. The molecule has 1 N–H and O–H groups in total. The number of methoxy groups -OCH3 is 1. The number of aliphatic hydroxyl groups is 1. The van der Waals surface area contributed by atoms with Gasteiger partial charge in [0.15, 0.2) is 0 Å². The summed E-state index contributed by atoms with van der Waals surface area (Å²) in [6.07, 6.45) is 1.21. The monoisotopic (exact) mass is 311 g/mol. The van der Waals surface area contributed by atoms with Gasteiger partial charge in [0, 0.05) is 21.6 Å². The number of ether oxygens (including phenoxy) is 1. The van der Waals surface area contributed by atoms with Crippen LogP contribution in [0.25, 0.3) is 10.9 Å². The highest BCUT2D eigenvalue weighted by Gasteiger charge is 2.14. The molecule has 0 saturated carbocycles. The van der Waals surface area contributed by atoms with Gasteiger partial charge in [0.05, 0.1) is 18.7 Å². The lowest BCUT2D eigenvalue weighted by Gasteiger charge is -2.03. The molecule has 1 atom stereocenters. The summed E-state index contributed by atoms with van der Waals surface area (Å²) in [4.78, 5) is 11.4. The number of carbonyl (C=O) groups is 1. The van der Waals surface area contributed by atoms with E-state index in [2.05, 4.69) is 20.7 Å². The first-order valence-corrected chi connectivity index (χ1v) is 6.35. The van der Waals surface area contributed by atoms with E-state index in [-0.39, 0.29) is 12.5 Å². The van der Waals surface area contributed by atoms with Gasteiger partial charge in [0.1, 0.15) is 6.54 Å². The lowest BCUT2D eigenvalue weighted by Crippen LogP contribution is -2.10. The minimum Gasteiger partial charge on any atom is -0.468 e. The second-order valence-electron chi connectivity index (χ2n) is 4.13. The predicted octanol–water partition coefficient (Wildman–Crippen LogP) is 2.63. The molecule has 2 rings (SSSR count). The van der Waals surface area contributed by atoms with Gasteiger partial charge in [-0.3, -0.25) is 4.79 Å². The molecule has 0 aliphatic rings. The molecule has 0 spiro atoms. The van der Waals surface area contributed by atoms with Gasteiger partial charge in [-0.25, -0.2) is 0 Å². The molecule has 0 radical (unpaired) electrons. The number of esters is 1. The molecular formula is C13H14BrNO3. The van der Waals surface area contributed by atoms with Crippen LogP contribution in [-0.4, -0.2) is 22.8 Å². The van der Waals surface area contributed by atoms with Crippen molar-refractivity contribution in [1.29, 1.82) is 0 Å². The largest absolute Gasteiger partial charge is 0.468 e. The molecule has 5 heteroatoms. The van der Waals surface area contributed by atoms with Crippen LogP contribution in [0.15, 0.2) is 28.9 Å². The van der Waals surface area contributed by atoms with E-state index < -0.39 is 6.10 Å². The summed E-state index contributed by atoms with van der Waals surface area (Å²) in [5.41, 5.74) is 1.70. The predicted molar refractivity (Wildman–Crippen MR) is 72.3 cm³/mol. The van der Waals surface area contributed by atoms with Crippen LogP contribution in [0, 0.1) is 0 Å². The number of carbonyl (C=O) groups excluding carboxylic acids is 1. The van der Waals surface area contributed by atoms with Crippen molar-refractivity contribution in [3.63, 3.8) is 0 Å². The average molecular weight is 312 g/mol. The first kappa shape index (κ1) is 13.1. The molecule has 0 fully saturated rings. The Morgan fingerprint density at radius 2 is 2.28 bits per heavy atom. The molecule has 1 aromatic carbocycles. The van der Waals surface area contributed by atoms with E-state index in [1.165, 1.54) is 7.11 Å². The topological polar surface area (TPSA) is 51.5 Å². The SMILES string of the molecule is COC(=O)Cn1cc(C(C)O)c2ccc(Br)cc21. The van der Waals surface area contributed by atoms with Crippen molar-refractivity contribution in [1.82, 2.24) is 4.57 Å². The van der Waals surface area contributed by atoms with Crippen molar-refractivity contribution >= 4 is 32.8 Å². The van der Waals surface area contributed by atoms with E-state index >= 15 is 0 Å². The van der Waals surface area contributed by atoms with Crippen molar-refractivity contribution in [3.05, 3.63) is 34.4 Å². The number of halogens is 1. The summed E-state index contributed by atoms with van der Waals surface area (Å²) < 4.78 is 7.38. The van der Waals surface area contributed by atoms with Crippen LogP contribution in [0.5, 0.6) is 0 Å². The van der Waals surface area contributed by atoms with Gasteiger partial charge in [0.25, 0.3) is 0 Å². The van der Waals surface area contributed by atoms with Gasteiger partial charge < -0.3 is 14.4 Å². The lowest BCUT2D eigenvalue weighted by atomic mass is 10.1. The average Bonchev–Trinajstić information content (AvgIpc) is 2.67. The van der Waals surface area contributed by atoms with E-state index in [1.54, 1.807) is 17.7 Å². The maximum atomic E-state index is 11.4. The first-order chi connectivity index (χ1) is 8.52. The maximum Gasteiger partial charge on any atom is 0.325 e. The Morgan fingerprint density at radius 3 is 2.89 bits per heavy atom. The van der Waals surface area contributed by atoms with Crippen molar-refractivity contribution in [2.75, 3.05) is 7.11 Å². The molecule has 18 heavy (non-hydrogen) atoms. The summed E-state index contributed by atoms with van der Waals surface area (Å²) in [5, 5.41) is 10.7. The van der Waals surface area contributed by atoms with Gasteiger partial charge >= 0.3 is 5.97 Å². The van der Waals surface area contributed by atoms with Gasteiger partial charge in [-0.2, -0.15) is 0 Å². The molecule has 0 saturated heterocycles. The number of aliphatic hydroxyl groups excluding tert-OH is 1. The van der Waals surface area contributed by atoms with Gasteiger partial charge in [-0.05, 0) is 19.1 Å². The number of benzene rings is 1. The highest BCUT2D eigenvalue weighted by Crippen LogP contribution is 2.28. The Kier molecular flexibility index (Phi) is 3.73. The standard InChI is InChI=1S/C13H14BrNO3/c1-8(16)11-6-15(7-13(17)18-2)12-5-9(14)3-4-10(11)12/h3-6,8,16H,7H2,1-2H3. The number of hydrogen-bond donors (Lipinski definition) is 1. The Morgan fingerprint density at radius 1 is 1.56 bits per heavy atom. The number of rotatable bonds is 3. The second kappa shape index (κ2) is 5.12. The molecule has 2 aromatic rings. The van der Waals surface area contributed by atoms with E-state index in [0.29, 0.717) is 0 Å². The molecule has 4 nitrogen and oxygen atoms in total. The summed E-state index contributed by atoms with van der Waals surface area (Å²) in [6.45, 7) is 1.84. The van der Waals surface area contributed by atoms with Gasteiger partial charge in [-0.1, -0.05) is 22.0 Å². The summed E-state index contributed by atoms with van der Waals surface area (Å²) in [7, 11) is 1.36. The maximum absolute atomic E-state index is 11.4. The number of fused-ring (bicyclic) bond motifs is 1. The summed E-state index contributed by atoms with van der Waals surface area (Å²) >= 11 is 3.40.